The topological polar surface area (TPSA) is 53.1 Å². The van der Waals surface area contributed by atoms with Gasteiger partial charge >= 0.3 is 0 Å². The van der Waals surface area contributed by atoms with Gasteiger partial charge in [0, 0.05) is 12.8 Å². The van der Waals surface area contributed by atoms with Crippen molar-refractivity contribution in [3.8, 4) is 0 Å². The normalized spacial score (nSPS) is 13.2. The molecule has 68 valence electrons. The fourth-order valence-corrected chi connectivity index (χ4v) is 1.05. The van der Waals surface area contributed by atoms with Gasteiger partial charge in [-0.3, -0.25) is 0 Å². The molecule has 1 aromatic heterocycles. The fraction of sp³-hybridized carbons (Fsp3) is 0.625. The summed E-state index contributed by atoms with van der Waals surface area (Å²) >= 11 is 0. The van der Waals surface area contributed by atoms with E-state index >= 15 is 0 Å². The summed E-state index contributed by atoms with van der Waals surface area (Å²) in [6.45, 7) is 4.73. The number of hydrogen-bond donors (Lipinski definition) is 1. The molecule has 0 fully saturated rings. The van der Waals surface area contributed by atoms with Gasteiger partial charge in [-0.2, -0.15) is 0 Å². The zero-order chi connectivity index (χ0) is 9.14. The molecule has 0 radical (unpaired) electrons. The monoisotopic (exact) mass is 169 g/mol. The van der Waals surface area contributed by atoms with E-state index in [2.05, 4.69) is 4.98 Å². The Labute approximate surface area is 72.3 Å². The number of aromatic nitrogens is 2. The first-order chi connectivity index (χ1) is 5.65. The number of nitrogen functional groups attached to an aromatic ring is 1. The largest absolute Gasteiger partial charge is 0.380 e. The van der Waals surface area contributed by atoms with Crippen LogP contribution in [-0.4, -0.2) is 22.8 Å². The summed E-state index contributed by atoms with van der Waals surface area (Å²) in [5, 5.41) is 0. The van der Waals surface area contributed by atoms with E-state index in [1.165, 1.54) is 0 Å². The molecule has 0 saturated carbocycles. The first kappa shape index (κ1) is 9.06. The zero-order valence-corrected chi connectivity index (χ0v) is 7.74. The number of nitrogens with two attached hydrogens (primary N) is 1. The summed E-state index contributed by atoms with van der Waals surface area (Å²) in [6, 6.07) is 0. The highest BCUT2D eigenvalue weighted by molar-refractivity contribution is 5.21. The van der Waals surface area contributed by atoms with E-state index < -0.39 is 0 Å². The van der Waals surface area contributed by atoms with Gasteiger partial charge in [0.2, 0.25) is 0 Å². The molecule has 1 unspecified atom stereocenters. The lowest BCUT2D eigenvalue weighted by atomic mass is 10.4. The number of hydrogen-bond acceptors (Lipinski definition) is 3. The third kappa shape index (κ3) is 1.76. The van der Waals surface area contributed by atoms with E-state index in [4.69, 9.17) is 10.5 Å². The SMILES string of the molecule is COC(C)Cn1c(C)cnc1N. The van der Waals surface area contributed by atoms with Crippen LogP contribution in [0.2, 0.25) is 0 Å². The highest BCUT2D eigenvalue weighted by Gasteiger charge is 2.06. The highest BCUT2D eigenvalue weighted by Crippen LogP contribution is 2.07. The van der Waals surface area contributed by atoms with E-state index in [9.17, 15) is 0 Å². The predicted molar refractivity (Wildman–Crippen MR) is 47.8 cm³/mol. The first-order valence-electron chi connectivity index (χ1n) is 3.95. The molecule has 1 rings (SSSR count). The molecule has 4 heteroatoms. The first-order valence-corrected chi connectivity index (χ1v) is 3.95. The summed E-state index contributed by atoms with van der Waals surface area (Å²) in [5.41, 5.74) is 6.71. The van der Waals surface area contributed by atoms with Crippen molar-refractivity contribution in [2.24, 2.45) is 0 Å². The quantitative estimate of drug-likeness (QED) is 0.728. The lowest BCUT2D eigenvalue weighted by Crippen LogP contribution is -2.17. The number of anilines is 1. The minimum absolute atomic E-state index is 0.167. The van der Waals surface area contributed by atoms with Crippen molar-refractivity contribution in [2.75, 3.05) is 12.8 Å². The lowest BCUT2D eigenvalue weighted by Gasteiger charge is -2.12. The summed E-state index contributed by atoms with van der Waals surface area (Å²) in [7, 11) is 1.69. The Bertz CT molecular complexity index is 237. The number of imidazole rings is 1. The molecule has 0 aromatic carbocycles. The van der Waals surface area contributed by atoms with Gasteiger partial charge in [-0.05, 0) is 13.8 Å². The van der Waals surface area contributed by atoms with Crippen molar-refractivity contribution in [3.63, 3.8) is 0 Å². The second-order valence-electron chi connectivity index (χ2n) is 2.91. The van der Waals surface area contributed by atoms with Crippen molar-refractivity contribution in [1.82, 2.24) is 9.55 Å². The number of methoxy groups -OCH3 is 1. The molecule has 4 nitrogen and oxygen atoms in total. The maximum atomic E-state index is 5.64. The average Bonchev–Trinajstić information content (AvgIpc) is 2.35. The van der Waals surface area contributed by atoms with Crippen LogP contribution < -0.4 is 5.73 Å². The molecule has 0 aliphatic rings. The Kier molecular flexibility index (Phi) is 2.70. The third-order valence-corrected chi connectivity index (χ3v) is 1.93. The van der Waals surface area contributed by atoms with Crippen LogP contribution in [0.4, 0.5) is 5.95 Å². The van der Waals surface area contributed by atoms with Gasteiger partial charge < -0.3 is 15.0 Å². The van der Waals surface area contributed by atoms with Crippen molar-refractivity contribution in [3.05, 3.63) is 11.9 Å². The summed E-state index contributed by atoms with van der Waals surface area (Å²) in [6.07, 6.45) is 1.93. The average molecular weight is 169 g/mol. The van der Waals surface area contributed by atoms with Gasteiger partial charge in [0.1, 0.15) is 0 Å². The number of nitrogens with zero attached hydrogens (tertiary/aromatic N) is 2. The van der Waals surface area contributed by atoms with E-state index in [0.29, 0.717) is 5.95 Å². The predicted octanol–water partition coefficient (Wildman–Crippen LogP) is 0.809. The maximum absolute atomic E-state index is 5.64. The minimum atomic E-state index is 0.167. The molecule has 1 aromatic rings. The molecule has 12 heavy (non-hydrogen) atoms. The molecule has 0 amide bonds. The van der Waals surface area contributed by atoms with Gasteiger partial charge in [0.25, 0.3) is 0 Å². The molecule has 0 aliphatic carbocycles. The van der Waals surface area contributed by atoms with Gasteiger partial charge in [-0.25, -0.2) is 4.98 Å². The van der Waals surface area contributed by atoms with Crippen LogP contribution in [-0.2, 0) is 11.3 Å². The van der Waals surface area contributed by atoms with E-state index in [1.54, 1.807) is 13.3 Å². The molecular weight excluding hydrogens is 154 g/mol. The standard InChI is InChI=1S/C8H15N3O/c1-6-4-10-8(9)11(6)5-7(2)12-3/h4,7H,5H2,1-3H3,(H2,9,10). The van der Waals surface area contributed by atoms with Crippen LogP contribution in [0.3, 0.4) is 0 Å². The van der Waals surface area contributed by atoms with Crippen LogP contribution in [0.1, 0.15) is 12.6 Å². The molecule has 0 bridgehead atoms. The Hall–Kier alpha value is -1.03. The van der Waals surface area contributed by atoms with Gasteiger partial charge in [-0.15, -0.1) is 0 Å². The Morgan fingerprint density at radius 3 is 2.83 bits per heavy atom. The maximum Gasteiger partial charge on any atom is 0.200 e. The van der Waals surface area contributed by atoms with E-state index in [-0.39, 0.29) is 6.10 Å². The van der Waals surface area contributed by atoms with Crippen molar-refractivity contribution >= 4 is 5.95 Å². The number of aryl methyl sites for hydroxylation is 1. The minimum Gasteiger partial charge on any atom is -0.380 e. The molecule has 0 spiro atoms. The molecule has 1 heterocycles. The van der Waals surface area contributed by atoms with Crippen LogP contribution in [0.25, 0.3) is 0 Å². The van der Waals surface area contributed by atoms with Crippen molar-refractivity contribution in [1.29, 1.82) is 0 Å². The van der Waals surface area contributed by atoms with Gasteiger partial charge in [-0.1, -0.05) is 0 Å². The Balaban J connectivity index is 2.73. The van der Waals surface area contributed by atoms with Gasteiger partial charge in [0.15, 0.2) is 5.95 Å². The van der Waals surface area contributed by atoms with Crippen molar-refractivity contribution in [2.45, 2.75) is 26.5 Å². The smallest absolute Gasteiger partial charge is 0.200 e. The van der Waals surface area contributed by atoms with Crippen LogP contribution in [0, 0.1) is 6.92 Å². The summed E-state index contributed by atoms with van der Waals surface area (Å²) in [4.78, 5) is 3.99. The Morgan fingerprint density at radius 2 is 2.42 bits per heavy atom. The van der Waals surface area contributed by atoms with Crippen LogP contribution >= 0.6 is 0 Å². The van der Waals surface area contributed by atoms with E-state index in [0.717, 1.165) is 12.2 Å². The van der Waals surface area contributed by atoms with Crippen molar-refractivity contribution < 1.29 is 4.74 Å². The molecule has 0 saturated heterocycles. The summed E-state index contributed by atoms with van der Waals surface area (Å²) in [5.74, 6) is 0.552. The second kappa shape index (κ2) is 3.58. The molecular formula is C8H15N3O. The van der Waals surface area contributed by atoms with Crippen LogP contribution in [0.5, 0.6) is 0 Å². The van der Waals surface area contributed by atoms with E-state index in [1.807, 2.05) is 18.4 Å². The fourth-order valence-electron chi connectivity index (χ4n) is 1.05. The molecule has 2 N–H and O–H groups in total. The highest BCUT2D eigenvalue weighted by atomic mass is 16.5. The summed E-state index contributed by atoms with van der Waals surface area (Å²) < 4.78 is 7.07. The Morgan fingerprint density at radius 1 is 1.75 bits per heavy atom. The third-order valence-electron chi connectivity index (χ3n) is 1.93. The second-order valence-corrected chi connectivity index (χ2v) is 2.91. The zero-order valence-electron chi connectivity index (χ0n) is 7.74. The number of rotatable bonds is 3. The van der Waals surface area contributed by atoms with Crippen LogP contribution in [0.15, 0.2) is 6.20 Å². The lowest BCUT2D eigenvalue weighted by molar-refractivity contribution is 0.103. The molecule has 1 atom stereocenters. The van der Waals surface area contributed by atoms with Gasteiger partial charge in [0.05, 0.1) is 18.8 Å². The molecule has 0 aliphatic heterocycles. The number of ether oxygens (including phenoxy) is 1.